The van der Waals surface area contributed by atoms with Gasteiger partial charge in [0.05, 0.1) is 0 Å². The molecular weight excluding hydrogens is 246 g/mol. The highest BCUT2D eigenvalue weighted by Gasteiger charge is 2.37. The quantitative estimate of drug-likeness (QED) is 0.820. The highest BCUT2D eigenvalue weighted by Crippen LogP contribution is 2.39. The number of nitrogens with one attached hydrogen (secondary N) is 1. The minimum atomic E-state index is -0.901. The Morgan fingerprint density at radius 1 is 1.05 bits per heavy atom. The summed E-state index contributed by atoms with van der Waals surface area (Å²) in [5.41, 5.74) is 2.40. The number of hydrogen-bond donors (Lipinski definition) is 2. The smallest absolute Gasteiger partial charge is 0.116 e. The summed E-state index contributed by atoms with van der Waals surface area (Å²) in [5, 5.41) is 14.8. The van der Waals surface area contributed by atoms with Gasteiger partial charge in [-0.1, -0.05) is 54.6 Å². The summed E-state index contributed by atoms with van der Waals surface area (Å²) < 4.78 is 0. The predicted octanol–water partition coefficient (Wildman–Crippen LogP) is 2.85. The van der Waals surface area contributed by atoms with E-state index in [1.807, 2.05) is 43.4 Å². The molecule has 20 heavy (non-hydrogen) atoms. The van der Waals surface area contributed by atoms with Gasteiger partial charge in [0.2, 0.25) is 0 Å². The highest BCUT2D eigenvalue weighted by molar-refractivity contribution is 5.42. The second-order valence-electron chi connectivity index (χ2n) is 5.61. The molecule has 3 rings (SSSR count). The fraction of sp³-hybridized carbons (Fsp3) is 0.333. The van der Waals surface area contributed by atoms with Gasteiger partial charge in [-0.3, -0.25) is 0 Å². The average Bonchev–Trinajstić information content (AvgIpc) is 2.66. The number of aryl methyl sites for hydroxylation is 1. The Bertz CT molecular complexity index is 581. The molecule has 0 bridgehead atoms. The van der Waals surface area contributed by atoms with Gasteiger partial charge in [0.15, 0.2) is 0 Å². The second kappa shape index (κ2) is 5.39. The van der Waals surface area contributed by atoms with Crippen LogP contribution >= 0.6 is 0 Å². The van der Waals surface area contributed by atoms with E-state index >= 15 is 0 Å². The Kier molecular flexibility index (Phi) is 3.60. The standard InChI is InChI=1S/C18H21NO/c1-19-16-12-11-14-7-5-6-10-17(14)18(20,13-16)15-8-3-2-4-9-15/h2-10,16,19-20H,11-13H2,1H3. The van der Waals surface area contributed by atoms with Crippen LogP contribution in [0.4, 0.5) is 0 Å². The van der Waals surface area contributed by atoms with Crippen molar-refractivity contribution in [3.05, 3.63) is 71.3 Å². The molecule has 0 saturated heterocycles. The minimum absolute atomic E-state index is 0.326. The lowest BCUT2D eigenvalue weighted by Gasteiger charge is -2.32. The van der Waals surface area contributed by atoms with Gasteiger partial charge in [0.25, 0.3) is 0 Å². The van der Waals surface area contributed by atoms with Crippen LogP contribution in [0.3, 0.4) is 0 Å². The Morgan fingerprint density at radius 3 is 2.50 bits per heavy atom. The van der Waals surface area contributed by atoms with Gasteiger partial charge < -0.3 is 10.4 Å². The minimum Gasteiger partial charge on any atom is -0.380 e. The van der Waals surface area contributed by atoms with Crippen molar-refractivity contribution in [3.8, 4) is 0 Å². The molecule has 104 valence electrons. The second-order valence-corrected chi connectivity index (χ2v) is 5.61. The van der Waals surface area contributed by atoms with Crippen LogP contribution in [0.5, 0.6) is 0 Å². The summed E-state index contributed by atoms with van der Waals surface area (Å²) in [6, 6.07) is 18.6. The van der Waals surface area contributed by atoms with Gasteiger partial charge in [0.1, 0.15) is 5.60 Å². The van der Waals surface area contributed by atoms with Crippen molar-refractivity contribution in [2.24, 2.45) is 0 Å². The lowest BCUT2D eigenvalue weighted by molar-refractivity contribution is 0.0618. The van der Waals surface area contributed by atoms with Crippen LogP contribution in [0.15, 0.2) is 54.6 Å². The lowest BCUT2D eigenvalue weighted by atomic mass is 9.81. The van der Waals surface area contributed by atoms with E-state index < -0.39 is 5.60 Å². The largest absolute Gasteiger partial charge is 0.380 e. The molecule has 0 aliphatic heterocycles. The van der Waals surface area contributed by atoms with Crippen LogP contribution in [-0.2, 0) is 12.0 Å². The third-order valence-corrected chi connectivity index (χ3v) is 4.43. The molecule has 2 atom stereocenters. The van der Waals surface area contributed by atoms with E-state index in [4.69, 9.17) is 0 Å². The maximum atomic E-state index is 11.4. The van der Waals surface area contributed by atoms with Gasteiger partial charge in [-0.15, -0.1) is 0 Å². The molecule has 1 aliphatic rings. The first-order valence-electron chi connectivity index (χ1n) is 7.27. The van der Waals surface area contributed by atoms with Gasteiger partial charge in [0, 0.05) is 6.04 Å². The van der Waals surface area contributed by atoms with Crippen molar-refractivity contribution in [1.29, 1.82) is 0 Å². The summed E-state index contributed by atoms with van der Waals surface area (Å²) in [6.07, 6.45) is 2.78. The Morgan fingerprint density at radius 2 is 1.75 bits per heavy atom. The molecule has 0 amide bonds. The normalized spacial score (nSPS) is 25.8. The molecule has 0 fully saturated rings. The number of rotatable bonds is 2. The fourth-order valence-electron chi connectivity index (χ4n) is 3.27. The molecular formula is C18H21NO. The highest BCUT2D eigenvalue weighted by atomic mass is 16.3. The number of benzene rings is 2. The summed E-state index contributed by atoms with van der Waals surface area (Å²) in [7, 11) is 1.98. The van der Waals surface area contributed by atoms with Gasteiger partial charge >= 0.3 is 0 Å². The maximum absolute atomic E-state index is 11.4. The van der Waals surface area contributed by atoms with Crippen LogP contribution in [0.1, 0.15) is 29.5 Å². The Hall–Kier alpha value is -1.64. The molecule has 2 N–H and O–H groups in total. The molecule has 2 unspecified atom stereocenters. The summed E-state index contributed by atoms with van der Waals surface area (Å²) >= 11 is 0. The van der Waals surface area contributed by atoms with Crippen molar-refractivity contribution in [2.45, 2.75) is 30.9 Å². The van der Waals surface area contributed by atoms with Gasteiger partial charge in [-0.25, -0.2) is 0 Å². The van der Waals surface area contributed by atoms with Crippen molar-refractivity contribution < 1.29 is 5.11 Å². The van der Waals surface area contributed by atoms with Crippen molar-refractivity contribution in [3.63, 3.8) is 0 Å². The third kappa shape index (κ3) is 2.26. The zero-order chi connectivity index (χ0) is 14.0. The first-order chi connectivity index (χ1) is 9.74. The molecule has 2 heteroatoms. The van der Waals surface area contributed by atoms with E-state index in [9.17, 15) is 5.11 Å². The van der Waals surface area contributed by atoms with Crippen LogP contribution < -0.4 is 5.32 Å². The van der Waals surface area contributed by atoms with Crippen LogP contribution in [0.2, 0.25) is 0 Å². The molecule has 0 spiro atoms. The number of aliphatic hydroxyl groups is 1. The van der Waals surface area contributed by atoms with Crippen molar-refractivity contribution in [2.75, 3.05) is 7.05 Å². The van der Waals surface area contributed by atoms with Crippen LogP contribution in [0.25, 0.3) is 0 Å². The molecule has 2 nitrogen and oxygen atoms in total. The lowest BCUT2D eigenvalue weighted by Crippen LogP contribution is -2.36. The summed E-state index contributed by atoms with van der Waals surface area (Å²) in [6.45, 7) is 0. The molecule has 0 heterocycles. The van der Waals surface area contributed by atoms with Crippen LogP contribution in [-0.4, -0.2) is 18.2 Å². The van der Waals surface area contributed by atoms with Gasteiger partial charge in [-0.2, -0.15) is 0 Å². The molecule has 2 aromatic carbocycles. The predicted molar refractivity (Wildman–Crippen MR) is 81.7 cm³/mol. The fourth-order valence-corrected chi connectivity index (χ4v) is 3.27. The SMILES string of the molecule is CNC1CCc2ccccc2C(O)(c2ccccc2)C1. The first-order valence-corrected chi connectivity index (χ1v) is 7.27. The Balaban J connectivity index is 2.14. The monoisotopic (exact) mass is 267 g/mol. The molecule has 0 radical (unpaired) electrons. The Labute approximate surface area is 120 Å². The van der Waals surface area contributed by atoms with Gasteiger partial charge in [-0.05, 0) is 43.0 Å². The molecule has 2 aromatic rings. The van der Waals surface area contributed by atoms with E-state index in [2.05, 4.69) is 23.5 Å². The van der Waals surface area contributed by atoms with E-state index in [1.165, 1.54) is 5.56 Å². The molecule has 1 aliphatic carbocycles. The topological polar surface area (TPSA) is 32.3 Å². The van der Waals surface area contributed by atoms with E-state index in [1.54, 1.807) is 0 Å². The summed E-state index contributed by atoms with van der Waals surface area (Å²) in [4.78, 5) is 0. The number of hydrogen-bond acceptors (Lipinski definition) is 2. The molecule has 0 saturated carbocycles. The van der Waals surface area contributed by atoms with Crippen molar-refractivity contribution in [1.82, 2.24) is 5.32 Å². The zero-order valence-corrected chi connectivity index (χ0v) is 11.8. The van der Waals surface area contributed by atoms with Crippen molar-refractivity contribution >= 4 is 0 Å². The molecule has 0 aromatic heterocycles. The summed E-state index contributed by atoms with van der Waals surface area (Å²) in [5.74, 6) is 0. The first kappa shape index (κ1) is 13.3. The van der Waals surface area contributed by atoms with E-state index in [0.29, 0.717) is 12.5 Å². The zero-order valence-electron chi connectivity index (χ0n) is 11.8. The van der Waals surface area contributed by atoms with Crippen LogP contribution in [0, 0.1) is 0 Å². The average molecular weight is 267 g/mol. The maximum Gasteiger partial charge on any atom is 0.116 e. The number of fused-ring (bicyclic) bond motifs is 1. The van der Waals surface area contributed by atoms with E-state index in [0.717, 1.165) is 24.0 Å². The third-order valence-electron chi connectivity index (χ3n) is 4.43. The van der Waals surface area contributed by atoms with E-state index in [-0.39, 0.29) is 0 Å².